The average Bonchev–Trinajstić information content (AvgIpc) is 3.84. The van der Waals surface area contributed by atoms with Gasteiger partial charge in [-0.1, -0.05) is 6.07 Å². The Morgan fingerprint density at radius 3 is 2.70 bits per heavy atom. The first-order chi connectivity index (χ1) is 25.8. The summed E-state index contributed by atoms with van der Waals surface area (Å²) in [6.07, 6.45) is -3.99. The molecule has 2 N–H and O–H groups in total. The summed E-state index contributed by atoms with van der Waals surface area (Å²) in [4.78, 5) is 27.7. The SMILES string of the molecule is CCN(c1nc(OC[C@@]23CCCN2C[C@H](F)C3)nc2c(F)c(-c3ccc(F)c4sc(N)c(C#N)c34)c(C(F)(F)F)cc12)[C@H]1CCN(C(=O)[C@@H]2CCO2)[C@@H]1C. The lowest BCUT2D eigenvalue weighted by atomic mass is 9.92. The summed E-state index contributed by atoms with van der Waals surface area (Å²) in [5.41, 5.74) is 1.89. The van der Waals surface area contributed by atoms with Crippen LogP contribution in [-0.2, 0) is 15.7 Å². The molecule has 0 unspecified atom stereocenters. The summed E-state index contributed by atoms with van der Waals surface area (Å²) in [6.45, 7) is 5.60. The highest BCUT2D eigenvalue weighted by Crippen LogP contribution is 2.49. The molecule has 4 aromatic rings. The van der Waals surface area contributed by atoms with E-state index >= 15 is 22.0 Å². The van der Waals surface area contributed by atoms with E-state index in [2.05, 4.69) is 9.97 Å². The van der Waals surface area contributed by atoms with Crippen molar-refractivity contribution >= 4 is 49.1 Å². The summed E-state index contributed by atoms with van der Waals surface area (Å²) < 4.78 is 104. The Hall–Kier alpha value is -4.40. The molecule has 8 rings (SSSR count). The number of halogens is 6. The van der Waals surface area contributed by atoms with E-state index in [1.807, 2.05) is 17.9 Å². The first-order valence-corrected chi connectivity index (χ1v) is 18.8. The van der Waals surface area contributed by atoms with E-state index in [-0.39, 0.29) is 75.5 Å². The zero-order valence-electron chi connectivity index (χ0n) is 29.5. The molecule has 0 spiro atoms. The molecule has 286 valence electrons. The molecule has 6 heterocycles. The monoisotopic (exact) mass is 773 g/mol. The minimum absolute atomic E-state index is 0.0264. The van der Waals surface area contributed by atoms with Crippen molar-refractivity contribution in [3.05, 3.63) is 41.0 Å². The minimum Gasteiger partial charge on any atom is -0.461 e. The number of likely N-dealkylation sites (tertiary alicyclic amines) is 1. The molecule has 0 aliphatic carbocycles. The standard InChI is InChI=1S/C37H37F6N7O3S/c1-3-49(25-7-11-50(18(25)2)34(51)26-8-12-52-26)33-21-13-23(37(41,42)43)28(20-5-6-24(39)31-27(20)22(15-44)32(45)54-31)29(40)30(21)46-35(47-33)53-17-36-9-4-10-48(36)16-19(38)14-36/h5-6,13,18-19,25-26H,3-4,7-12,14,16-17,45H2,1-2H3/t18-,19-,25+,26+,36+/m1/s1. The van der Waals surface area contributed by atoms with Crippen LogP contribution < -0.4 is 15.4 Å². The molecule has 10 nitrogen and oxygen atoms in total. The molecule has 2 aromatic carbocycles. The number of carbonyl (C=O) groups is 1. The van der Waals surface area contributed by atoms with Crippen LogP contribution in [0.1, 0.15) is 57.1 Å². The van der Waals surface area contributed by atoms with Gasteiger partial charge in [0.1, 0.15) is 47.1 Å². The Morgan fingerprint density at radius 1 is 1.24 bits per heavy atom. The third-order valence-corrected chi connectivity index (χ3v) is 12.6. The van der Waals surface area contributed by atoms with Crippen molar-refractivity contribution in [2.75, 3.05) is 50.0 Å². The second kappa shape index (κ2) is 13.4. The molecule has 0 radical (unpaired) electrons. The molecular formula is C37H37F6N7O3S. The van der Waals surface area contributed by atoms with Crippen LogP contribution >= 0.6 is 11.3 Å². The molecule has 54 heavy (non-hydrogen) atoms. The van der Waals surface area contributed by atoms with Gasteiger partial charge in [0.2, 0.25) is 0 Å². The predicted molar refractivity (Wildman–Crippen MR) is 190 cm³/mol. The number of carbonyl (C=O) groups excluding carboxylic acids is 1. The topological polar surface area (TPSA) is 121 Å². The molecule has 1 amide bonds. The minimum atomic E-state index is -5.13. The fourth-order valence-corrected chi connectivity index (χ4v) is 9.87. The van der Waals surface area contributed by atoms with Gasteiger partial charge in [-0.05, 0) is 57.4 Å². The summed E-state index contributed by atoms with van der Waals surface area (Å²) in [7, 11) is 0. The summed E-state index contributed by atoms with van der Waals surface area (Å²) >= 11 is 0.680. The maximum atomic E-state index is 17.3. The fourth-order valence-electron chi connectivity index (χ4n) is 8.93. The van der Waals surface area contributed by atoms with Crippen molar-refractivity contribution < 1.29 is 40.6 Å². The van der Waals surface area contributed by atoms with Gasteiger partial charge in [-0.25, -0.2) is 13.2 Å². The molecule has 4 aliphatic heterocycles. The van der Waals surface area contributed by atoms with Gasteiger partial charge in [0.05, 0.1) is 34.0 Å². The molecule has 4 aliphatic rings. The number of ether oxygens (including phenoxy) is 2. The molecule has 5 atom stereocenters. The van der Waals surface area contributed by atoms with E-state index in [0.717, 1.165) is 24.6 Å². The zero-order valence-corrected chi connectivity index (χ0v) is 30.3. The second-order valence-electron chi connectivity index (χ2n) is 14.5. The fraction of sp³-hybridized carbons (Fsp3) is 0.514. The zero-order chi connectivity index (χ0) is 38.3. The van der Waals surface area contributed by atoms with E-state index < -0.39 is 64.4 Å². The van der Waals surface area contributed by atoms with Gasteiger partial charge in [-0.3, -0.25) is 9.69 Å². The smallest absolute Gasteiger partial charge is 0.417 e. The average molecular weight is 774 g/mol. The van der Waals surface area contributed by atoms with Gasteiger partial charge in [0.25, 0.3) is 5.91 Å². The molecular weight excluding hydrogens is 737 g/mol. The summed E-state index contributed by atoms with van der Waals surface area (Å²) in [5.74, 6) is -2.41. The number of thiophene rings is 1. The van der Waals surface area contributed by atoms with Gasteiger partial charge in [0.15, 0.2) is 5.82 Å². The van der Waals surface area contributed by atoms with Crippen molar-refractivity contribution in [3.63, 3.8) is 0 Å². The number of aromatic nitrogens is 2. The van der Waals surface area contributed by atoms with E-state index in [1.165, 1.54) is 0 Å². The van der Waals surface area contributed by atoms with E-state index in [1.54, 1.807) is 16.7 Å². The predicted octanol–water partition coefficient (Wildman–Crippen LogP) is 6.82. The number of nitrogens with zero attached hydrogens (tertiary/aromatic N) is 6. The van der Waals surface area contributed by atoms with Crippen LogP contribution in [0, 0.1) is 23.0 Å². The first-order valence-electron chi connectivity index (χ1n) is 18.0. The molecule has 0 bridgehead atoms. The molecule has 4 fully saturated rings. The van der Waals surface area contributed by atoms with Crippen LogP contribution in [0.2, 0.25) is 0 Å². The number of hydrogen-bond donors (Lipinski definition) is 1. The van der Waals surface area contributed by atoms with E-state index in [4.69, 9.17) is 15.2 Å². The van der Waals surface area contributed by atoms with Crippen molar-refractivity contribution in [1.29, 1.82) is 5.26 Å². The number of fused-ring (bicyclic) bond motifs is 3. The van der Waals surface area contributed by atoms with Crippen LogP contribution in [0.3, 0.4) is 0 Å². The number of amides is 1. The summed E-state index contributed by atoms with van der Waals surface area (Å²) in [6, 6.07) is 3.37. The normalized spacial score (nSPS) is 25.6. The molecule has 17 heteroatoms. The number of nitriles is 1. The van der Waals surface area contributed by atoms with Crippen LogP contribution in [0.4, 0.5) is 37.2 Å². The Morgan fingerprint density at radius 2 is 2.02 bits per heavy atom. The first kappa shape index (κ1) is 36.6. The van der Waals surface area contributed by atoms with Crippen molar-refractivity contribution in [2.24, 2.45) is 0 Å². The second-order valence-corrected chi connectivity index (χ2v) is 15.6. The van der Waals surface area contributed by atoms with Gasteiger partial charge in [-0.15, -0.1) is 11.3 Å². The van der Waals surface area contributed by atoms with Gasteiger partial charge >= 0.3 is 12.2 Å². The van der Waals surface area contributed by atoms with Crippen LogP contribution in [0.25, 0.3) is 32.1 Å². The van der Waals surface area contributed by atoms with Crippen molar-refractivity contribution in [3.8, 4) is 23.2 Å². The number of alkyl halides is 4. The van der Waals surface area contributed by atoms with Crippen LogP contribution in [-0.4, -0.2) is 95.0 Å². The Kier molecular flexibility index (Phi) is 9.08. The maximum Gasteiger partial charge on any atom is 0.417 e. The quantitative estimate of drug-likeness (QED) is 0.192. The number of nitrogens with two attached hydrogens (primary N) is 1. The molecule has 2 aromatic heterocycles. The number of likely N-dealkylation sites (N-methyl/N-ethyl adjacent to an activating group) is 1. The Balaban J connectivity index is 1.32. The number of hydrogen-bond acceptors (Lipinski definition) is 10. The Bertz CT molecular complexity index is 2210. The van der Waals surface area contributed by atoms with Gasteiger partial charge in [0, 0.05) is 54.9 Å². The van der Waals surface area contributed by atoms with Crippen LogP contribution in [0.5, 0.6) is 6.01 Å². The third kappa shape index (κ3) is 5.79. The number of rotatable bonds is 8. The van der Waals surface area contributed by atoms with Crippen molar-refractivity contribution in [1.82, 2.24) is 19.8 Å². The number of benzene rings is 2. The largest absolute Gasteiger partial charge is 0.461 e. The highest BCUT2D eigenvalue weighted by atomic mass is 32.1. The van der Waals surface area contributed by atoms with Crippen molar-refractivity contribution in [2.45, 2.75) is 82.0 Å². The Labute approximate surface area is 310 Å². The molecule has 4 saturated heterocycles. The van der Waals surface area contributed by atoms with Crippen LogP contribution in [0.15, 0.2) is 18.2 Å². The van der Waals surface area contributed by atoms with Gasteiger partial charge in [-0.2, -0.15) is 28.4 Å². The lowest BCUT2D eigenvalue weighted by Crippen LogP contribution is -2.51. The number of nitrogen functional groups attached to an aromatic ring is 1. The maximum absolute atomic E-state index is 17.3. The molecule has 0 saturated carbocycles. The van der Waals surface area contributed by atoms with E-state index in [9.17, 15) is 14.4 Å². The highest BCUT2D eigenvalue weighted by Gasteiger charge is 2.50. The summed E-state index contributed by atoms with van der Waals surface area (Å²) in [5, 5.41) is 9.26. The lowest BCUT2D eigenvalue weighted by molar-refractivity contribution is -0.156. The lowest BCUT2D eigenvalue weighted by Gasteiger charge is -2.36. The number of anilines is 2. The van der Waals surface area contributed by atoms with Gasteiger partial charge < -0.3 is 25.0 Å². The van der Waals surface area contributed by atoms with E-state index in [0.29, 0.717) is 50.3 Å². The highest BCUT2D eigenvalue weighted by molar-refractivity contribution is 7.23. The third-order valence-electron chi connectivity index (χ3n) is 11.6.